The average molecular weight is 278 g/mol. The van der Waals surface area contributed by atoms with E-state index < -0.39 is 0 Å². The van der Waals surface area contributed by atoms with Crippen LogP contribution in [0.1, 0.15) is 24.2 Å². The van der Waals surface area contributed by atoms with Crippen LogP contribution < -0.4 is 4.74 Å². The van der Waals surface area contributed by atoms with Crippen molar-refractivity contribution in [3.63, 3.8) is 0 Å². The fraction of sp³-hybridized carbons (Fsp3) is 0.533. The van der Waals surface area contributed by atoms with Crippen molar-refractivity contribution in [2.45, 2.75) is 19.9 Å². The van der Waals surface area contributed by atoms with Gasteiger partial charge in [-0.15, -0.1) is 0 Å². The second-order valence-corrected chi connectivity index (χ2v) is 5.11. The molecule has 1 aromatic carbocycles. The Morgan fingerprint density at radius 1 is 1.45 bits per heavy atom. The monoisotopic (exact) mass is 278 g/mol. The molecule has 2 rings (SSSR count). The zero-order valence-corrected chi connectivity index (χ0v) is 12.3. The van der Waals surface area contributed by atoms with E-state index in [4.69, 9.17) is 4.74 Å². The molecule has 0 spiro atoms. The molecule has 1 aromatic rings. The van der Waals surface area contributed by atoms with Gasteiger partial charge in [0.15, 0.2) is 0 Å². The molecule has 20 heavy (non-hydrogen) atoms. The van der Waals surface area contributed by atoms with Crippen LogP contribution in [0.25, 0.3) is 0 Å². The summed E-state index contributed by atoms with van der Waals surface area (Å²) in [6, 6.07) is 5.07. The molecular weight excluding hydrogens is 256 g/mol. The van der Waals surface area contributed by atoms with Crippen LogP contribution in [-0.2, 0) is 0 Å². The van der Waals surface area contributed by atoms with Crippen LogP contribution in [-0.4, -0.2) is 60.1 Å². The number of hydrogen-bond acceptors (Lipinski definition) is 4. The Labute approximate surface area is 119 Å². The molecule has 110 valence electrons. The molecule has 0 aromatic heterocycles. The lowest BCUT2D eigenvalue weighted by Gasteiger charge is -2.39. The largest absolute Gasteiger partial charge is 0.507 e. The smallest absolute Gasteiger partial charge is 0.257 e. The number of rotatable bonds is 3. The summed E-state index contributed by atoms with van der Waals surface area (Å²) in [6.07, 6.45) is 0. The van der Waals surface area contributed by atoms with Gasteiger partial charge in [-0.05, 0) is 31.7 Å². The zero-order valence-electron chi connectivity index (χ0n) is 12.3. The first-order chi connectivity index (χ1) is 9.56. The van der Waals surface area contributed by atoms with Crippen LogP contribution in [0.2, 0.25) is 0 Å². The zero-order chi connectivity index (χ0) is 14.7. The molecule has 0 bridgehead atoms. The van der Waals surface area contributed by atoms with E-state index in [9.17, 15) is 9.90 Å². The third kappa shape index (κ3) is 2.88. The molecule has 0 radical (unpaired) electrons. The minimum atomic E-state index is -0.135. The molecule has 5 heteroatoms. The van der Waals surface area contributed by atoms with Gasteiger partial charge in [-0.25, -0.2) is 0 Å². The second kappa shape index (κ2) is 6.13. The molecule has 1 heterocycles. The normalized spacial score (nSPS) is 19.9. The highest BCUT2D eigenvalue weighted by Gasteiger charge is 2.27. The summed E-state index contributed by atoms with van der Waals surface area (Å²) >= 11 is 0. The molecule has 1 aliphatic heterocycles. The predicted octanol–water partition coefficient (Wildman–Crippen LogP) is 1.57. The fourth-order valence-electron chi connectivity index (χ4n) is 2.63. The lowest BCUT2D eigenvalue weighted by atomic mass is 10.1. The number of phenolic OH excluding ortho intramolecular Hbond substituents is 1. The third-order valence-electron chi connectivity index (χ3n) is 3.89. The number of benzene rings is 1. The van der Waals surface area contributed by atoms with Gasteiger partial charge in [0.25, 0.3) is 5.91 Å². The topological polar surface area (TPSA) is 53.0 Å². The molecule has 1 unspecified atom stereocenters. The number of phenols is 1. The van der Waals surface area contributed by atoms with E-state index in [0.29, 0.717) is 30.4 Å². The highest BCUT2D eigenvalue weighted by molar-refractivity contribution is 5.97. The second-order valence-electron chi connectivity index (χ2n) is 5.11. The van der Waals surface area contributed by atoms with Gasteiger partial charge in [0, 0.05) is 25.7 Å². The van der Waals surface area contributed by atoms with Crippen LogP contribution in [0, 0.1) is 0 Å². The van der Waals surface area contributed by atoms with Gasteiger partial charge in [0.2, 0.25) is 0 Å². The lowest BCUT2D eigenvalue weighted by Crippen LogP contribution is -2.53. The maximum Gasteiger partial charge on any atom is 0.257 e. The van der Waals surface area contributed by atoms with E-state index >= 15 is 0 Å². The molecule has 0 saturated carbocycles. The van der Waals surface area contributed by atoms with E-state index in [2.05, 4.69) is 18.7 Å². The molecule has 1 amide bonds. The van der Waals surface area contributed by atoms with E-state index in [1.54, 1.807) is 24.1 Å². The molecule has 1 fully saturated rings. The van der Waals surface area contributed by atoms with Gasteiger partial charge < -0.3 is 14.7 Å². The molecule has 1 N–H and O–H groups in total. The fourth-order valence-corrected chi connectivity index (χ4v) is 2.63. The molecular formula is C15H22N2O3. The number of ether oxygens (including phenoxy) is 1. The first-order valence-corrected chi connectivity index (χ1v) is 6.97. The van der Waals surface area contributed by atoms with Gasteiger partial charge in [0.1, 0.15) is 11.5 Å². The van der Waals surface area contributed by atoms with Crippen molar-refractivity contribution in [2.75, 3.05) is 33.3 Å². The quantitative estimate of drug-likeness (QED) is 0.912. The highest BCUT2D eigenvalue weighted by atomic mass is 16.5. The average Bonchev–Trinajstić information content (AvgIpc) is 2.47. The maximum absolute atomic E-state index is 12.5. The number of amides is 1. The number of methoxy groups -OCH3 is 1. The summed E-state index contributed by atoms with van der Waals surface area (Å²) in [4.78, 5) is 16.7. The number of nitrogens with zero attached hydrogens (tertiary/aromatic N) is 2. The van der Waals surface area contributed by atoms with E-state index in [0.717, 1.165) is 13.1 Å². The minimum Gasteiger partial charge on any atom is -0.507 e. The van der Waals surface area contributed by atoms with E-state index in [1.807, 2.05) is 0 Å². The molecule has 0 aliphatic carbocycles. The van der Waals surface area contributed by atoms with Crippen LogP contribution in [0.15, 0.2) is 18.2 Å². The standard InChI is InChI=1S/C15H22N2O3/c1-4-16-7-8-17(10-11(16)2)15(19)13-9-12(20-3)5-6-14(13)18/h5-6,9,11,18H,4,7-8,10H2,1-3H3. The Morgan fingerprint density at radius 2 is 2.20 bits per heavy atom. The Hall–Kier alpha value is -1.75. The van der Waals surface area contributed by atoms with Crippen molar-refractivity contribution in [2.24, 2.45) is 0 Å². The highest BCUT2D eigenvalue weighted by Crippen LogP contribution is 2.25. The number of carbonyl (C=O) groups excluding carboxylic acids is 1. The Morgan fingerprint density at radius 3 is 2.80 bits per heavy atom. The van der Waals surface area contributed by atoms with Crippen LogP contribution >= 0.6 is 0 Å². The van der Waals surface area contributed by atoms with E-state index in [-0.39, 0.29) is 11.7 Å². The summed E-state index contributed by atoms with van der Waals surface area (Å²) in [7, 11) is 1.54. The van der Waals surface area contributed by atoms with Gasteiger partial charge in [-0.2, -0.15) is 0 Å². The molecule has 5 nitrogen and oxygen atoms in total. The maximum atomic E-state index is 12.5. The van der Waals surface area contributed by atoms with Crippen molar-refractivity contribution in [1.29, 1.82) is 0 Å². The van der Waals surface area contributed by atoms with Crippen molar-refractivity contribution in [3.05, 3.63) is 23.8 Å². The first kappa shape index (κ1) is 14.7. The Bertz CT molecular complexity index is 490. The minimum absolute atomic E-state index is 0.00127. The van der Waals surface area contributed by atoms with Crippen LogP contribution in [0.5, 0.6) is 11.5 Å². The van der Waals surface area contributed by atoms with Crippen LogP contribution in [0.4, 0.5) is 0 Å². The van der Waals surface area contributed by atoms with Crippen molar-refractivity contribution in [3.8, 4) is 11.5 Å². The Balaban J connectivity index is 2.16. The summed E-state index contributed by atoms with van der Waals surface area (Å²) < 4.78 is 5.11. The van der Waals surface area contributed by atoms with Gasteiger partial charge in [0.05, 0.1) is 12.7 Å². The summed E-state index contributed by atoms with van der Waals surface area (Å²) in [5.74, 6) is 0.441. The molecule has 1 aliphatic rings. The number of hydrogen-bond donors (Lipinski definition) is 1. The van der Waals surface area contributed by atoms with E-state index in [1.165, 1.54) is 6.07 Å². The number of likely N-dealkylation sites (N-methyl/N-ethyl adjacent to an activating group) is 1. The van der Waals surface area contributed by atoms with Crippen molar-refractivity contribution < 1.29 is 14.6 Å². The summed E-state index contributed by atoms with van der Waals surface area (Å²) in [6.45, 7) is 7.48. The van der Waals surface area contributed by atoms with Gasteiger partial charge in [-0.1, -0.05) is 6.92 Å². The summed E-state index contributed by atoms with van der Waals surface area (Å²) in [5.41, 5.74) is 0.307. The first-order valence-electron chi connectivity index (χ1n) is 6.97. The number of carbonyl (C=O) groups is 1. The van der Waals surface area contributed by atoms with Crippen molar-refractivity contribution >= 4 is 5.91 Å². The van der Waals surface area contributed by atoms with Crippen molar-refractivity contribution in [1.82, 2.24) is 9.80 Å². The predicted molar refractivity (Wildman–Crippen MR) is 77.3 cm³/mol. The lowest BCUT2D eigenvalue weighted by molar-refractivity contribution is 0.0525. The number of piperazine rings is 1. The number of aromatic hydroxyl groups is 1. The third-order valence-corrected chi connectivity index (χ3v) is 3.89. The molecule has 1 saturated heterocycles. The SMILES string of the molecule is CCN1CCN(C(=O)c2cc(OC)ccc2O)CC1C. The van der Waals surface area contributed by atoms with Crippen LogP contribution in [0.3, 0.4) is 0 Å². The molecule has 1 atom stereocenters. The van der Waals surface area contributed by atoms with Gasteiger partial charge in [-0.3, -0.25) is 9.69 Å². The summed E-state index contributed by atoms with van der Waals surface area (Å²) in [5, 5.41) is 9.88. The van der Waals surface area contributed by atoms with Gasteiger partial charge >= 0.3 is 0 Å². The Kier molecular flexibility index (Phi) is 4.49.